The van der Waals surface area contributed by atoms with Crippen LogP contribution < -0.4 is 0 Å². The molecule has 0 spiro atoms. The molecule has 7 nitrogen and oxygen atoms in total. The fourth-order valence-electron chi connectivity index (χ4n) is 2.18. The maximum atomic E-state index is 14.0. The zero-order chi connectivity index (χ0) is 16.7. The highest BCUT2D eigenvalue weighted by Gasteiger charge is 2.25. The summed E-state index contributed by atoms with van der Waals surface area (Å²) in [5, 5.41) is 24.2. The molecule has 2 aromatic heterocycles. The Morgan fingerprint density at radius 2 is 2.09 bits per heavy atom. The molecular formula is C14H9ClFN3O4. The molecule has 0 amide bonds. The molecule has 3 rings (SSSR count). The molecule has 0 unspecified atom stereocenters. The lowest BCUT2D eigenvalue weighted by molar-refractivity contribution is 0.0602. The lowest BCUT2D eigenvalue weighted by atomic mass is 10.1. The van der Waals surface area contributed by atoms with Gasteiger partial charge in [0.15, 0.2) is 5.65 Å². The summed E-state index contributed by atoms with van der Waals surface area (Å²) in [4.78, 5) is 15.4. The van der Waals surface area contributed by atoms with E-state index in [2.05, 4.69) is 14.8 Å². The third-order valence-electron chi connectivity index (χ3n) is 3.22. The molecule has 0 bridgehead atoms. The van der Waals surface area contributed by atoms with E-state index >= 15 is 0 Å². The van der Waals surface area contributed by atoms with Crippen LogP contribution in [0.25, 0.3) is 16.8 Å². The molecule has 2 heterocycles. The van der Waals surface area contributed by atoms with E-state index in [0.717, 1.165) is 16.8 Å². The predicted molar refractivity (Wildman–Crippen MR) is 78.1 cm³/mol. The number of ether oxygens (including phenoxy) is 1. The molecule has 2 N–H and O–H groups in total. The topological polar surface area (TPSA) is 97.0 Å². The van der Waals surface area contributed by atoms with Crippen LogP contribution in [0.15, 0.2) is 24.4 Å². The molecule has 0 saturated carbocycles. The fraction of sp³-hybridized carbons (Fsp3) is 0.0714. The quantitative estimate of drug-likeness (QED) is 0.697. The van der Waals surface area contributed by atoms with E-state index in [0.29, 0.717) is 0 Å². The van der Waals surface area contributed by atoms with Crippen molar-refractivity contribution in [1.82, 2.24) is 14.6 Å². The third kappa shape index (κ3) is 2.23. The first-order valence-electron chi connectivity index (χ1n) is 6.28. The Morgan fingerprint density at radius 1 is 1.35 bits per heavy atom. The standard InChI is InChI=1S/C14H9ClFN3O4/c1-23-14(22)6-5-17-19-11(6)18-12(20)10(13(19)21)9-7(15)3-2-4-8(9)16/h2-5,21H,1H3,(H,18,20). The zero-order valence-electron chi connectivity index (χ0n) is 11.6. The van der Waals surface area contributed by atoms with Gasteiger partial charge in [-0.25, -0.2) is 9.18 Å². The van der Waals surface area contributed by atoms with Crippen molar-refractivity contribution >= 4 is 23.2 Å². The minimum Gasteiger partial charge on any atom is -0.493 e. The second kappa shape index (κ2) is 5.40. The zero-order valence-corrected chi connectivity index (χ0v) is 12.4. The van der Waals surface area contributed by atoms with Crippen LogP contribution in [0.2, 0.25) is 5.02 Å². The molecule has 1 aromatic carbocycles. The number of carbonyl (C=O) groups excluding carboxylic acids is 1. The highest BCUT2D eigenvalue weighted by Crippen LogP contribution is 2.41. The number of aromatic hydroxyl groups is 2. The molecule has 118 valence electrons. The Morgan fingerprint density at radius 3 is 2.74 bits per heavy atom. The molecule has 0 radical (unpaired) electrons. The maximum absolute atomic E-state index is 14.0. The minimum atomic E-state index is -0.760. The number of esters is 1. The Hall–Kier alpha value is -2.87. The molecule has 0 aliphatic heterocycles. The van der Waals surface area contributed by atoms with Gasteiger partial charge < -0.3 is 14.9 Å². The second-order valence-electron chi connectivity index (χ2n) is 4.52. The van der Waals surface area contributed by atoms with E-state index in [1.807, 2.05) is 0 Å². The predicted octanol–water partition coefficient (Wildman–Crippen LogP) is 2.39. The van der Waals surface area contributed by atoms with Crippen molar-refractivity contribution in [3.63, 3.8) is 0 Å². The SMILES string of the molecule is COC(=O)c1cnn2c(O)c(-c3c(F)cccc3Cl)c(O)nc12. The lowest BCUT2D eigenvalue weighted by Crippen LogP contribution is -2.03. The number of rotatable bonds is 2. The number of aromatic nitrogens is 3. The van der Waals surface area contributed by atoms with E-state index in [-0.39, 0.29) is 27.4 Å². The lowest BCUT2D eigenvalue weighted by Gasteiger charge is -2.11. The van der Waals surface area contributed by atoms with Gasteiger partial charge in [0.25, 0.3) is 0 Å². The molecule has 9 heteroatoms. The van der Waals surface area contributed by atoms with Gasteiger partial charge in [-0.2, -0.15) is 14.6 Å². The average Bonchev–Trinajstić information content (AvgIpc) is 2.93. The number of carbonyl (C=O) groups is 1. The number of hydrogen-bond acceptors (Lipinski definition) is 6. The van der Waals surface area contributed by atoms with Crippen LogP contribution in [0.4, 0.5) is 4.39 Å². The van der Waals surface area contributed by atoms with Gasteiger partial charge in [0, 0.05) is 5.56 Å². The van der Waals surface area contributed by atoms with Crippen LogP contribution in [-0.4, -0.2) is 37.9 Å². The summed E-state index contributed by atoms with van der Waals surface area (Å²) in [7, 11) is 1.17. The van der Waals surface area contributed by atoms with Crippen LogP contribution in [0, 0.1) is 5.82 Å². The highest BCUT2D eigenvalue weighted by atomic mass is 35.5. The van der Waals surface area contributed by atoms with Gasteiger partial charge in [-0.05, 0) is 12.1 Å². The van der Waals surface area contributed by atoms with Crippen molar-refractivity contribution in [3.05, 3.63) is 40.8 Å². The Kier molecular flexibility index (Phi) is 3.53. The van der Waals surface area contributed by atoms with Crippen LogP contribution in [0.3, 0.4) is 0 Å². The summed E-state index contributed by atoms with van der Waals surface area (Å²) in [6.07, 6.45) is 1.11. The molecule has 0 saturated heterocycles. The molecule has 23 heavy (non-hydrogen) atoms. The van der Waals surface area contributed by atoms with Crippen molar-refractivity contribution in [2.75, 3.05) is 7.11 Å². The average molecular weight is 338 g/mol. The Labute approximate surface area is 133 Å². The number of hydrogen-bond donors (Lipinski definition) is 2. The number of fused-ring (bicyclic) bond motifs is 1. The van der Waals surface area contributed by atoms with E-state index < -0.39 is 23.5 Å². The summed E-state index contributed by atoms with van der Waals surface area (Å²) < 4.78 is 19.5. The molecule has 0 aliphatic rings. The van der Waals surface area contributed by atoms with E-state index in [9.17, 15) is 19.4 Å². The summed E-state index contributed by atoms with van der Waals surface area (Å²) in [5.74, 6) is -2.82. The number of nitrogens with zero attached hydrogens (tertiary/aromatic N) is 3. The maximum Gasteiger partial charge on any atom is 0.343 e. The first-order chi connectivity index (χ1) is 11.0. The van der Waals surface area contributed by atoms with Crippen molar-refractivity contribution in [2.24, 2.45) is 0 Å². The van der Waals surface area contributed by atoms with E-state index in [1.165, 1.54) is 19.2 Å². The number of methoxy groups -OCH3 is 1. The van der Waals surface area contributed by atoms with Crippen molar-refractivity contribution in [3.8, 4) is 22.9 Å². The Bertz CT molecular complexity index is 921. The molecular weight excluding hydrogens is 329 g/mol. The van der Waals surface area contributed by atoms with Gasteiger partial charge >= 0.3 is 5.97 Å². The third-order valence-corrected chi connectivity index (χ3v) is 3.54. The summed E-state index contributed by atoms with van der Waals surface area (Å²) in [6.45, 7) is 0. The molecule has 0 fully saturated rings. The Balaban J connectivity index is 2.35. The van der Waals surface area contributed by atoms with Crippen LogP contribution in [0.1, 0.15) is 10.4 Å². The summed E-state index contributed by atoms with van der Waals surface area (Å²) in [5.41, 5.74) is -0.763. The fourth-order valence-corrected chi connectivity index (χ4v) is 2.44. The number of benzene rings is 1. The summed E-state index contributed by atoms with van der Waals surface area (Å²) in [6, 6.07) is 3.89. The van der Waals surface area contributed by atoms with Crippen LogP contribution in [-0.2, 0) is 4.74 Å². The van der Waals surface area contributed by atoms with E-state index in [4.69, 9.17) is 11.6 Å². The van der Waals surface area contributed by atoms with Crippen molar-refractivity contribution in [2.45, 2.75) is 0 Å². The molecule has 0 atom stereocenters. The smallest absolute Gasteiger partial charge is 0.343 e. The first kappa shape index (κ1) is 15.0. The van der Waals surface area contributed by atoms with Gasteiger partial charge in [-0.15, -0.1) is 0 Å². The van der Waals surface area contributed by atoms with Crippen molar-refractivity contribution < 1.29 is 24.1 Å². The van der Waals surface area contributed by atoms with E-state index in [1.54, 1.807) is 0 Å². The minimum absolute atomic E-state index is 0.0305. The second-order valence-corrected chi connectivity index (χ2v) is 4.92. The monoisotopic (exact) mass is 337 g/mol. The van der Waals surface area contributed by atoms with Crippen LogP contribution >= 0.6 is 11.6 Å². The number of halogens is 2. The van der Waals surface area contributed by atoms with Gasteiger partial charge in [-0.3, -0.25) is 0 Å². The highest BCUT2D eigenvalue weighted by molar-refractivity contribution is 6.33. The summed E-state index contributed by atoms with van der Waals surface area (Å²) >= 11 is 5.94. The van der Waals surface area contributed by atoms with Crippen LogP contribution in [0.5, 0.6) is 11.8 Å². The van der Waals surface area contributed by atoms with Gasteiger partial charge in [0.05, 0.1) is 18.3 Å². The normalized spacial score (nSPS) is 10.9. The van der Waals surface area contributed by atoms with Crippen molar-refractivity contribution in [1.29, 1.82) is 0 Å². The largest absolute Gasteiger partial charge is 0.493 e. The van der Waals surface area contributed by atoms with Gasteiger partial charge in [-0.1, -0.05) is 17.7 Å². The first-order valence-corrected chi connectivity index (χ1v) is 6.65. The van der Waals surface area contributed by atoms with Gasteiger partial charge in [0.1, 0.15) is 16.9 Å². The molecule has 0 aliphatic carbocycles. The van der Waals surface area contributed by atoms with Gasteiger partial charge in [0.2, 0.25) is 11.8 Å². The molecule has 3 aromatic rings.